The van der Waals surface area contributed by atoms with Gasteiger partial charge in [-0.15, -0.1) is 11.3 Å². The lowest BCUT2D eigenvalue weighted by atomic mass is 9.86. The Kier molecular flexibility index (Phi) is 5.72. The summed E-state index contributed by atoms with van der Waals surface area (Å²) in [7, 11) is 0. The number of rotatable bonds is 5. The smallest absolute Gasteiger partial charge is 0.223 e. The average molecular weight is 390 g/mol. The fourth-order valence-electron chi connectivity index (χ4n) is 3.57. The summed E-state index contributed by atoms with van der Waals surface area (Å²) in [5.41, 5.74) is 6.83. The van der Waals surface area contributed by atoms with Crippen molar-refractivity contribution < 1.29 is 4.79 Å². The zero-order valence-electron chi connectivity index (χ0n) is 17.0. The highest BCUT2D eigenvalue weighted by Crippen LogP contribution is 2.35. The number of anilines is 1. The molecule has 6 nitrogen and oxygen atoms in total. The van der Waals surface area contributed by atoms with Crippen molar-refractivity contribution in [2.75, 3.05) is 24.5 Å². The first-order chi connectivity index (χ1) is 12.8. The third-order valence-corrected chi connectivity index (χ3v) is 7.33. The first kappa shape index (κ1) is 20.0. The predicted octanol–water partition coefficient (Wildman–Crippen LogP) is 3.01. The van der Waals surface area contributed by atoms with Gasteiger partial charge in [0.15, 0.2) is 0 Å². The third-order valence-electron chi connectivity index (χ3n) is 6.22. The summed E-state index contributed by atoms with van der Waals surface area (Å²) in [6, 6.07) is 0. The molecule has 0 spiro atoms. The van der Waals surface area contributed by atoms with Gasteiger partial charge in [-0.2, -0.15) is 0 Å². The van der Waals surface area contributed by atoms with E-state index in [9.17, 15) is 4.79 Å². The van der Waals surface area contributed by atoms with Crippen LogP contribution in [0.1, 0.15) is 44.1 Å². The molecule has 2 aromatic rings. The maximum absolute atomic E-state index is 12.8. The summed E-state index contributed by atoms with van der Waals surface area (Å²) in [5, 5.41) is 4.37. The summed E-state index contributed by atoms with van der Waals surface area (Å²) < 4.78 is 0. The first-order valence-electron chi connectivity index (χ1n) is 9.74. The van der Waals surface area contributed by atoms with Crippen molar-refractivity contribution >= 4 is 33.3 Å². The Morgan fingerprint density at radius 1 is 1.37 bits per heavy atom. The Hall–Kier alpha value is -1.73. The lowest BCUT2D eigenvalue weighted by Gasteiger charge is -2.37. The van der Waals surface area contributed by atoms with Gasteiger partial charge in [-0.25, -0.2) is 9.97 Å². The normalized spacial score (nSPS) is 18.1. The van der Waals surface area contributed by atoms with Crippen molar-refractivity contribution in [3.63, 3.8) is 0 Å². The minimum absolute atomic E-state index is 0.0357. The standard InChI is InChI=1S/C20H31N5OS/c1-12(2)20(5,10-21)24-18(26)15-6-8-25(9-7-15)17-16-13(3)14(4)27-19(16)23-11-22-17/h11-12,15H,6-10,21H2,1-5H3,(H,24,26). The van der Waals surface area contributed by atoms with Gasteiger partial charge in [-0.3, -0.25) is 4.79 Å². The molecule has 3 N–H and O–H groups in total. The van der Waals surface area contributed by atoms with Crippen LogP contribution >= 0.6 is 11.3 Å². The lowest BCUT2D eigenvalue weighted by Crippen LogP contribution is -2.57. The number of hydrogen-bond acceptors (Lipinski definition) is 6. The van der Waals surface area contributed by atoms with Gasteiger partial charge in [-0.05, 0) is 45.1 Å². The molecule has 7 heteroatoms. The van der Waals surface area contributed by atoms with Crippen molar-refractivity contribution in [3.05, 3.63) is 16.8 Å². The quantitative estimate of drug-likeness (QED) is 0.821. The third kappa shape index (κ3) is 3.80. The molecule has 0 aromatic carbocycles. The summed E-state index contributed by atoms with van der Waals surface area (Å²) in [6.45, 7) is 12.6. The minimum Gasteiger partial charge on any atom is -0.356 e. The van der Waals surface area contributed by atoms with Gasteiger partial charge >= 0.3 is 0 Å². The zero-order chi connectivity index (χ0) is 19.8. The number of aromatic nitrogens is 2. The monoisotopic (exact) mass is 389 g/mol. The van der Waals surface area contributed by atoms with Crippen LogP contribution < -0.4 is 16.0 Å². The van der Waals surface area contributed by atoms with Crippen LogP contribution in [0, 0.1) is 25.7 Å². The van der Waals surface area contributed by atoms with E-state index in [0.29, 0.717) is 12.5 Å². The second-order valence-corrected chi connectivity index (χ2v) is 9.39. The van der Waals surface area contributed by atoms with Crippen LogP contribution in [-0.2, 0) is 4.79 Å². The summed E-state index contributed by atoms with van der Waals surface area (Å²) >= 11 is 1.72. The van der Waals surface area contributed by atoms with E-state index in [1.807, 2.05) is 6.92 Å². The van der Waals surface area contributed by atoms with Gasteiger partial charge < -0.3 is 16.0 Å². The number of carbonyl (C=O) groups excluding carboxylic acids is 1. The van der Waals surface area contributed by atoms with E-state index in [1.165, 1.54) is 15.8 Å². The van der Waals surface area contributed by atoms with E-state index >= 15 is 0 Å². The van der Waals surface area contributed by atoms with Crippen molar-refractivity contribution in [2.45, 2.75) is 53.0 Å². The topological polar surface area (TPSA) is 84.1 Å². The van der Waals surface area contributed by atoms with Gasteiger partial charge in [0.05, 0.1) is 10.9 Å². The van der Waals surface area contributed by atoms with Crippen LogP contribution in [0.4, 0.5) is 5.82 Å². The van der Waals surface area contributed by atoms with E-state index in [2.05, 4.69) is 47.9 Å². The largest absolute Gasteiger partial charge is 0.356 e. The molecule has 1 amide bonds. The van der Waals surface area contributed by atoms with Crippen LogP contribution in [0.15, 0.2) is 6.33 Å². The van der Waals surface area contributed by atoms with E-state index in [0.717, 1.165) is 36.6 Å². The fraction of sp³-hybridized carbons (Fsp3) is 0.650. The molecule has 0 bridgehead atoms. The van der Waals surface area contributed by atoms with Crippen molar-refractivity contribution in [3.8, 4) is 0 Å². The Labute approximate surface area is 165 Å². The highest BCUT2D eigenvalue weighted by atomic mass is 32.1. The molecule has 0 saturated carbocycles. The summed E-state index contributed by atoms with van der Waals surface area (Å²) in [5.74, 6) is 1.47. The van der Waals surface area contributed by atoms with E-state index in [4.69, 9.17) is 5.73 Å². The van der Waals surface area contributed by atoms with Crippen LogP contribution in [0.5, 0.6) is 0 Å². The minimum atomic E-state index is -0.349. The SMILES string of the molecule is Cc1sc2ncnc(N3CCC(C(=O)NC(C)(CN)C(C)C)CC3)c2c1C. The molecule has 0 radical (unpaired) electrons. The maximum Gasteiger partial charge on any atom is 0.223 e. The van der Waals surface area contributed by atoms with Gasteiger partial charge in [0, 0.05) is 30.4 Å². The fourth-order valence-corrected chi connectivity index (χ4v) is 4.56. The number of aryl methyl sites for hydroxylation is 2. The number of thiophene rings is 1. The molecular weight excluding hydrogens is 358 g/mol. The molecule has 1 aliphatic heterocycles. The Bertz CT molecular complexity index is 825. The number of nitrogens with zero attached hydrogens (tertiary/aromatic N) is 3. The molecule has 3 heterocycles. The van der Waals surface area contributed by atoms with Gasteiger partial charge in [0.2, 0.25) is 5.91 Å². The van der Waals surface area contributed by atoms with Crippen LogP contribution in [0.3, 0.4) is 0 Å². The van der Waals surface area contributed by atoms with E-state index in [1.54, 1.807) is 17.7 Å². The van der Waals surface area contributed by atoms with Gasteiger partial charge in [0.1, 0.15) is 17.0 Å². The molecule has 0 aliphatic carbocycles. The predicted molar refractivity (Wildman–Crippen MR) is 112 cm³/mol. The van der Waals surface area contributed by atoms with E-state index in [-0.39, 0.29) is 17.4 Å². The molecule has 1 atom stereocenters. The van der Waals surface area contributed by atoms with Crippen LogP contribution in [0.25, 0.3) is 10.2 Å². The zero-order valence-corrected chi connectivity index (χ0v) is 17.8. The number of carbonyl (C=O) groups is 1. The second kappa shape index (κ2) is 7.72. The number of fused-ring (bicyclic) bond motifs is 1. The highest BCUT2D eigenvalue weighted by molar-refractivity contribution is 7.18. The second-order valence-electron chi connectivity index (χ2n) is 8.19. The Balaban J connectivity index is 1.70. The van der Waals surface area contributed by atoms with E-state index < -0.39 is 0 Å². The Morgan fingerprint density at radius 2 is 2.04 bits per heavy atom. The first-order valence-corrected chi connectivity index (χ1v) is 10.6. The molecule has 2 aromatic heterocycles. The number of hydrogen-bond donors (Lipinski definition) is 2. The van der Waals surface area contributed by atoms with Crippen molar-refractivity contribution in [2.24, 2.45) is 17.6 Å². The number of piperidine rings is 1. The maximum atomic E-state index is 12.8. The number of amides is 1. The van der Waals surface area contributed by atoms with Crippen molar-refractivity contribution in [1.29, 1.82) is 0 Å². The molecule has 1 unspecified atom stereocenters. The number of nitrogens with one attached hydrogen (secondary N) is 1. The number of nitrogens with two attached hydrogens (primary N) is 1. The molecular formula is C20H31N5OS. The molecule has 1 saturated heterocycles. The van der Waals surface area contributed by atoms with Crippen LogP contribution in [0.2, 0.25) is 0 Å². The molecule has 1 fully saturated rings. The van der Waals surface area contributed by atoms with Gasteiger partial charge in [0.25, 0.3) is 0 Å². The lowest BCUT2D eigenvalue weighted by molar-refractivity contribution is -0.127. The molecule has 148 valence electrons. The molecule has 3 rings (SSSR count). The molecule has 27 heavy (non-hydrogen) atoms. The van der Waals surface area contributed by atoms with Crippen LogP contribution in [-0.4, -0.2) is 41.0 Å². The van der Waals surface area contributed by atoms with Gasteiger partial charge in [-0.1, -0.05) is 13.8 Å². The molecule has 1 aliphatic rings. The Morgan fingerprint density at radius 3 is 2.63 bits per heavy atom. The summed E-state index contributed by atoms with van der Waals surface area (Å²) in [4.78, 5) is 26.4. The summed E-state index contributed by atoms with van der Waals surface area (Å²) in [6.07, 6.45) is 3.32. The average Bonchev–Trinajstić information content (AvgIpc) is 2.95. The highest BCUT2D eigenvalue weighted by Gasteiger charge is 2.33. The van der Waals surface area contributed by atoms with Crippen molar-refractivity contribution in [1.82, 2.24) is 15.3 Å².